The highest BCUT2D eigenvalue weighted by atomic mass is 16.2. The largest absolute Gasteiger partial charge is 0.312 e. The van der Waals surface area contributed by atoms with E-state index in [0.717, 1.165) is 11.1 Å². The summed E-state index contributed by atoms with van der Waals surface area (Å²) in [4.78, 5) is 26.5. The van der Waals surface area contributed by atoms with Gasteiger partial charge in [0.2, 0.25) is 0 Å². The fourth-order valence-corrected chi connectivity index (χ4v) is 1.48. The number of benzene rings is 1. The number of nitrogens with zero attached hydrogens (tertiary/aromatic N) is 1. The summed E-state index contributed by atoms with van der Waals surface area (Å²) in [5.74, 6) is -0.852. The average Bonchev–Trinajstić information content (AvgIpc) is 2.26. The second-order valence-electron chi connectivity index (χ2n) is 3.58. The molecule has 2 rings (SSSR count). The maximum Gasteiger partial charge on any atom is 0.274 e. The number of carbonyl (C=O) groups is 2. The van der Waals surface area contributed by atoms with Crippen LogP contribution in [-0.4, -0.2) is 23.7 Å². The second-order valence-corrected chi connectivity index (χ2v) is 3.58. The van der Waals surface area contributed by atoms with Crippen molar-refractivity contribution in [2.24, 2.45) is 10.7 Å². The molecule has 1 aromatic carbocycles. The molecule has 0 radical (unpaired) electrons. The third kappa shape index (κ3) is 1.72. The number of hydrogen-bond acceptors (Lipinski definition) is 3. The van der Waals surface area contributed by atoms with E-state index < -0.39 is 17.9 Å². The van der Waals surface area contributed by atoms with Crippen LogP contribution in [0.2, 0.25) is 0 Å². The van der Waals surface area contributed by atoms with E-state index in [0.29, 0.717) is 0 Å². The third-order valence-electron chi connectivity index (χ3n) is 2.41. The van der Waals surface area contributed by atoms with Crippen LogP contribution in [0.4, 0.5) is 0 Å². The highest BCUT2D eigenvalue weighted by Gasteiger charge is 2.28. The number of amidine groups is 1. The Morgan fingerprint density at radius 1 is 1.31 bits per heavy atom. The van der Waals surface area contributed by atoms with Crippen molar-refractivity contribution < 1.29 is 9.59 Å². The number of amides is 2. The molecule has 5 nitrogen and oxygen atoms in total. The van der Waals surface area contributed by atoms with Gasteiger partial charge < -0.3 is 11.1 Å². The van der Waals surface area contributed by atoms with E-state index >= 15 is 0 Å². The number of nitrogens with one attached hydrogen (secondary N) is 1. The predicted octanol–water partition coefficient (Wildman–Crippen LogP) is -0.275. The van der Waals surface area contributed by atoms with Crippen molar-refractivity contribution in [1.82, 2.24) is 5.32 Å². The first-order valence-corrected chi connectivity index (χ1v) is 4.84. The molecule has 2 amide bonds. The zero-order valence-corrected chi connectivity index (χ0v) is 8.73. The summed E-state index contributed by atoms with van der Waals surface area (Å²) in [5, 5.41) is 2.52. The normalized spacial score (nSPS) is 20.4. The lowest BCUT2D eigenvalue weighted by molar-refractivity contribution is -0.129. The zero-order valence-electron chi connectivity index (χ0n) is 8.73. The number of aryl methyl sites for hydroxylation is 1. The van der Waals surface area contributed by atoms with Crippen LogP contribution in [0.1, 0.15) is 11.1 Å². The lowest BCUT2D eigenvalue weighted by Crippen LogP contribution is -2.52. The van der Waals surface area contributed by atoms with Crippen LogP contribution in [0.15, 0.2) is 29.3 Å². The van der Waals surface area contributed by atoms with E-state index in [1.807, 2.05) is 25.1 Å². The maximum absolute atomic E-state index is 11.4. The van der Waals surface area contributed by atoms with Crippen molar-refractivity contribution in [3.63, 3.8) is 0 Å². The second kappa shape index (κ2) is 3.86. The summed E-state index contributed by atoms with van der Waals surface area (Å²) >= 11 is 0. The molecule has 0 aromatic heterocycles. The van der Waals surface area contributed by atoms with Crippen LogP contribution in [0, 0.1) is 6.92 Å². The summed E-state index contributed by atoms with van der Waals surface area (Å²) in [7, 11) is 0. The molecule has 1 aliphatic heterocycles. The molecule has 5 heteroatoms. The number of rotatable bonds is 1. The van der Waals surface area contributed by atoms with Crippen LogP contribution >= 0.6 is 0 Å². The molecule has 0 aliphatic carbocycles. The van der Waals surface area contributed by atoms with Crippen molar-refractivity contribution >= 4 is 17.6 Å². The van der Waals surface area contributed by atoms with Gasteiger partial charge in [0.1, 0.15) is 5.84 Å². The number of nitrogens with two attached hydrogens (primary N) is 1. The summed E-state index contributed by atoms with van der Waals surface area (Å²) in [6.45, 7) is 1.88. The van der Waals surface area contributed by atoms with Crippen LogP contribution in [0.3, 0.4) is 0 Å². The van der Waals surface area contributed by atoms with E-state index in [9.17, 15) is 9.59 Å². The first-order chi connectivity index (χ1) is 7.59. The lowest BCUT2D eigenvalue weighted by atomic mass is 10.1. The molecule has 0 bridgehead atoms. The minimum atomic E-state index is -1.19. The minimum absolute atomic E-state index is 0.273. The van der Waals surface area contributed by atoms with E-state index in [2.05, 4.69) is 10.3 Å². The summed E-state index contributed by atoms with van der Waals surface area (Å²) in [6, 6.07) is 6.17. The molecular weight excluding hydrogens is 206 g/mol. The molecule has 16 heavy (non-hydrogen) atoms. The van der Waals surface area contributed by atoms with Gasteiger partial charge in [0, 0.05) is 5.56 Å². The van der Waals surface area contributed by atoms with E-state index in [1.165, 1.54) is 0 Å². The molecule has 82 valence electrons. The lowest BCUT2D eigenvalue weighted by Gasteiger charge is -2.18. The Morgan fingerprint density at radius 2 is 2.00 bits per heavy atom. The fraction of sp³-hybridized carbons (Fsp3) is 0.182. The highest BCUT2D eigenvalue weighted by Crippen LogP contribution is 2.09. The molecule has 0 fully saturated rings. The Kier molecular flexibility index (Phi) is 2.54. The quantitative estimate of drug-likeness (QED) is 0.635. The van der Waals surface area contributed by atoms with Gasteiger partial charge in [-0.2, -0.15) is 4.99 Å². The molecule has 0 spiro atoms. The van der Waals surface area contributed by atoms with Crippen molar-refractivity contribution in [2.45, 2.75) is 13.0 Å². The Hall–Kier alpha value is -2.01. The Morgan fingerprint density at radius 3 is 2.62 bits per heavy atom. The van der Waals surface area contributed by atoms with Crippen molar-refractivity contribution in [3.8, 4) is 0 Å². The molecule has 3 N–H and O–H groups in total. The summed E-state index contributed by atoms with van der Waals surface area (Å²) < 4.78 is 0. The number of aliphatic imine (C=N–C) groups is 1. The topological polar surface area (TPSA) is 84.6 Å². The van der Waals surface area contributed by atoms with Crippen LogP contribution < -0.4 is 11.1 Å². The fourth-order valence-electron chi connectivity index (χ4n) is 1.48. The van der Waals surface area contributed by atoms with Crippen LogP contribution in [0.5, 0.6) is 0 Å². The molecule has 1 aromatic rings. The van der Waals surface area contributed by atoms with Crippen molar-refractivity contribution in [1.29, 1.82) is 0 Å². The molecule has 0 saturated heterocycles. The van der Waals surface area contributed by atoms with Crippen LogP contribution in [-0.2, 0) is 9.59 Å². The van der Waals surface area contributed by atoms with Gasteiger partial charge in [-0.15, -0.1) is 0 Å². The van der Waals surface area contributed by atoms with E-state index in [1.54, 1.807) is 6.07 Å². The van der Waals surface area contributed by atoms with Gasteiger partial charge in [-0.3, -0.25) is 9.59 Å². The van der Waals surface area contributed by atoms with Gasteiger partial charge in [0.05, 0.1) is 0 Å². The van der Waals surface area contributed by atoms with Crippen LogP contribution in [0.25, 0.3) is 0 Å². The predicted molar refractivity (Wildman–Crippen MR) is 58.8 cm³/mol. The van der Waals surface area contributed by atoms with Gasteiger partial charge in [-0.25, -0.2) is 0 Å². The molecule has 0 saturated carbocycles. The third-order valence-corrected chi connectivity index (χ3v) is 2.41. The van der Waals surface area contributed by atoms with Gasteiger partial charge in [0.25, 0.3) is 11.8 Å². The Labute approximate surface area is 92.4 Å². The molecule has 1 unspecified atom stereocenters. The van der Waals surface area contributed by atoms with Gasteiger partial charge in [-0.05, 0) is 12.5 Å². The van der Waals surface area contributed by atoms with Crippen molar-refractivity contribution in [2.75, 3.05) is 0 Å². The highest BCUT2D eigenvalue weighted by molar-refractivity contribution is 6.22. The first-order valence-electron chi connectivity index (χ1n) is 4.84. The molecule has 1 heterocycles. The average molecular weight is 217 g/mol. The number of carbonyl (C=O) groups excluding carboxylic acids is 2. The minimum Gasteiger partial charge on any atom is -0.312 e. The smallest absolute Gasteiger partial charge is 0.274 e. The summed E-state index contributed by atoms with van der Waals surface area (Å²) in [6.07, 6.45) is 0. The number of hydrogen-bond donors (Lipinski definition) is 2. The van der Waals surface area contributed by atoms with Gasteiger partial charge >= 0.3 is 0 Å². The zero-order chi connectivity index (χ0) is 11.7. The molecule has 1 atom stereocenters. The van der Waals surface area contributed by atoms with Gasteiger partial charge in [-0.1, -0.05) is 24.3 Å². The monoisotopic (exact) mass is 217 g/mol. The SMILES string of the molecule is Cc1ccccc1C1=NC(=O)C(N)C(=O)N1. The van der Waals surface area contributed by atoms with E-state index in [-0.39, 0.29) is 5.84 Å². The van der Waals surface area contributed by atoms with E-state index in [4.69, 9.17) is 5.73 Å². The maximum atomic E-state index is 11.4. The summed E-state index contributed by atoms with van der Waals surface area (Å²) in [5.41, 5.74) is 7.00. The Balaban J connectivity index is 2.44. The molecule has 1 aliphatic rings. The van der Waals surface area contributed by atoms with Gasteiger partial charge in [0.15, 0.2) is 6.04 Å². The van der Waals surface area contributed by atoms with Crippen molar-refractivity contribution in [3.05, 3.63) is 35.4 Å². The Bertz CT molecular complexity index is 494. The molecular formula is C11H11N3O2. The standard InChI is InChI=1S/C11H11N3O2/c1-6-4-2-3-5-7(6)9-13-10(15)8(12)11(16)14-9/h2-5,8H,12H2,1H3,(H,13,14,15,16). The first kappa shape index (κ1) is 10.5.